The number of esters is 1. The lowest BCUT2D eigenvalue weighted by atomic mass is 10.2. The largest absolute Gasteiger partial charge is 0.462 e. The Morgan fingerprint density at radius 3 is 2.62 bits per heavy atom. The van der Waals surface area contributed by atoms with E-state index >= 15 is 0 Å². The van der Waals surface area contributed by atoms with E-state index in [-0.39, 0.29) is 12.0 Å². The van der Waals surface area contributed by atoms with Crippen LogP contribution < -0.4 is 10.2 Å². The van der Waals surface area contributed by atoms with Gasteiger partial charge in [0.15, 0.2) is 5.82 Å². The Kier molecular flexibility index (Phi) is 6.64. The number of carbonyl (C=O) groups excluding carboxylic acids is 2. The molecule has 9 nitrogen and oxygen atoms in total. The van der Waals surface area contributed by atoms with Gasteiger partial charge >= 0.3 is 12.0 Å². The first kappa shape index (κ1) is 21.4. The molecule has 2 amide bonds. The molecule has 3 heterocycles. The smallest absolute Gasteiger partial charge is 0.339 e. The summed E-state index contributed by atoms with van der Waals surface area (Å²) in [6.45, 7) is 4.73. The second kappa shape index (κ2) is 9.95. The van der Waals surface area contributed by atoms with Crippen molar-refractivity contribution in [3.63, 3.8) is 0 Å². The summed E-state index contributed by atoms with van der Waals surface area (Å²) in [4.78, 5) is 32.9. The number of hydrogen-bond donors (Lipinski definition) is 1. The van der Waals surface area contributed by atoms with Gasteiger partial charge in [0, 0.05) is 44.6 Å². The Balaban J connectivity index is 1.33. The van der Waals surface area contributed by atoms with Gasteiger partial charge < -0.3 is 14.5 Å². The van der Waals surface area contributed by atoms with Crippen LogP contribution in [-0.4, -0.2) is 64.5 Å². The van der Waals surface area contributed by atoms with Gasteiger partial charge in [0.25, 0.3) is 0 Å². The van der Waals surface area contributed by atoms with E-state index in [1.807, 2.05) is 42.6 Å². The standard InChI is InChI=1S/C23H26N6O3/c1-2-32-22(30)18-9-10-21(24-17-18)27-12-6-13-28(16-15-27)23(31)25-20-11-14-29(26-20)19-7-4-3-5-8-19/h3-5,7-11,14,17H,2,6,12-13,15-16H2,1H3,(H,25,26,31). The minimum Gasteiger partial charge on any atom is -0.462 e. The number of rotatable bonds is 5. The molecule has 4 rings (SSSR count). The molecule has 1 fully saturated rings. The molecule has 1 aromatic carbocycles. The molecule has 1 saturated heterocycles. The average molecular weight is 435 g/mol. The predicted molar refractivity (Wildman–Crippen MR) is 121 cm³/mol. The Labute approximate surface area is 186 Å². The van der Waals surface area contributed by atoms with Gasteiger partial charge in [-0.25, -0.2) is 19.3 Å². The molecule has 32 heavy (non-hydrogen) atoms. The Morgan fingerprint density at radius 2 is 1.88 bits per heavy atom. The van der Waals surface area contributed by atoms with E-state index in [2.05, 4.69) is 20.3 Å². The molecule has 3 aromatic rings. The van der Waals surface area contributed by atoms with E-state index in [0.29, 0.717) is 37.6 Å². The van der Waals surface area contributed by atoms with Gasteiger partial charge in [0.2, 0.25) is 0 Å². The quantitative estimate of drug-likeness (QED) is 0.620. The zero-order valence-corrected chi connectivity index (χ0v) is 18.0. The molecule has 0 radical (unpaired) electrons. The van der Waals surface area contributed by atoms with Gasteiger partial charge in [-0.05, 0) is 37.6 Å². The lowest BCUT2D eigenvalue weighted by Crippen LogP contribution is -2.38. The van der Waals surface area contributed by atoms with Crippen molar-refractivity contribution >= 4 is 23.6 Å². The third kappa shape index (κ3) is 5.05. The molecule has 1 aliphatic heterocycles. The van der Waals surface area contributed by atoms with E-state index < -0.39 is 0 Å². The third-order valence-corrected chi connectivity index (χ3v) is 5.21. The molecule has 0 unspecified atom stereocenters. The van der Waals surface area contributed by atoms with Gasteiger partial charge in [-0.1, -0.05) is 18.2 Å². The van der Waals surface area contributed by atoms with E-state index in [1.165, 1.54) is 6.20 Å². The monoisotopic (exact) mass is 434 g/mol. The number of carbonyl (C=O) groups is 2. The number of nitrogens with one attached hydrogen (secondary N) is 1. The van der Waals surface area contributed by atoms with Crippen LogP contribution in [0.25, 0.3) is 5.69 Å². The van der Waals surface area contributed by atoms with Crippen LogP contribution in [0.15, 0.2) is 60.9 Å². The van der Waals surface area contributed by atoms with Gasteiger partial charge in [-0.15, -0.1) is 5.10 Å². The van der Waals surface area contributed by atoms with Crippen LogP contribution in [0.1, 0.15) is 23.7 Å². The van der Waals surface area contributed by atoms with Crippen LogP contribution in [0.4, 0.5) is 16.4 Å². The zero-order valence-electron chi connectivity index (χ0n) is 18.0. The Morgan fingerprint density at radius 1 is 1.03 bits per heavy atom. The SMILES string of the molecule is CCOC(=O)c1ccc(N2CCCN(C(=O)Nc3ccn(-c4ccccc4)n3)CC2)nc1. The molecule has 166 valence electrons. The van der Waals surface area contributed by atoms with Crippen molar-refractivity contribution in [3.05, 3.63) is 66.5 Å². The molecule has 0 spiro atoms. The molecule has 9 heteroatoms. The second-order valence-corrected chi connectivity index (χ2v) is 7.36. The molecule has 0 bridgehead atoms. The number of benzene rings is 1. The van der Waals surface area contributed by atoms with Crippen molar-refractivity contribution in [1.82, 2.24) is 19.7 Å². The molecule has 2 aromatic heterocycles. The Bertz CT molecular complexity index is 1050. The number of nitrogens with zero attached hydrogens (tertiary/aromatic N) is 5. The van der Waals surface area contributed by atoms with E-state index in [0.717, 1.165) is 24.5 Å². The number of pyridine rings is 1. The summed E-state index contributed by atoms with van der Waals surface area (Å²) in [7, 11) is 0. The normalized spacial score (nSPS) is 14.0. The summed E-state index contributed by atoms with van der Waals surface area (Å²) in [6.07, 6.45) is 4.17. The highest BCUT2D eigenvalue weighted by Crippen LogP contribution is 2.16. The van der Waals surface area contributed by atoms with E-state index in [9.17, 15) is 9.59 Å². The lowest BCUT2D eigenvalue weighted by Gasteiger charge is -2.23. The average Bonchev–Trinajstić information content (AvgIpc) is 3.14. The number of amides is 2. The molecule has 1 aliphatic rings. The molecule has 0 atom stereocenters. The summed E-state index contributed by atoms with van der Waals surface area (Å²) < 4.78 is 6.73. The van der Waals surface area contributed by atoms with E-state index in [4.69, 9.17) is 4.74 Å². The van der Waals surface area contributed by atoms with Crippen molar-refractivity contribution < 1.29 is 14.3 Å². The van der Waals surface area contributed by atoms with Crippen LogP contribution in [-0.2, 0) is 4.74 Å². The van der Waals surface area contributed by atoms with Crippen LogP contribution in [0.5, 0.6) is 0 Å². The molecule has 1 N–H and O–H groups in total. The summed E-state index contributed by atoms with van der Waals surface area (Å²) in [5, 5.41) is 7.32. The lowest BCUT2D eigenvalue weighted by molar-refractivity contribution is 0.0526. The fourth-order valence-corrected chi connectivity index (χ4v) is 3.56. The van der Waals surface area contributed by atoms with Gasteiger partial charge in [-0.3, -0.25) is 5.32 Å². The van der Waals surface area contributed by atoms with Crippen LogP contribution in [0.3, 0.4) is 0 Å². The Hall–Kier alpha value is -3.88. The first-order chi connectivity index (χ1) is 15.6. The van der Waals surface area contributed by atoms with Gasteiger partial charge in [-0.2, -0.15) is 0 Å². The van der Waals surface area contributed by atoms with Gasteiger partial charge in [0.05, 0.1) is 17.9 Å². The predicted octanol–water partition coefficient (Wildman–Crippen LogP) is 3.19. The minimum atomic E-state index is -0.375. The maximum Gasteiger partial charge on any atom is 0.339 e. The summed E-state index contributed by atoms with van der Waals surface area (Å²) in [6, 6.07) is 14.9. The highest BCUT2D eigenvalue weighted by Gasteiger charge is 2.21. The molecule has 0 aliphatic carbocycles. The maximum absolute atomic E-state index is 12.8. The number of urea groups is 1. The first-order valence-electron chi connectivity index (χ1n) is 10.7. The number of hydrogen-bond acceptors (Lipinski definition) is 6. The fourth-order valence-electron chi connectivity index (χ4n) is 3.56. The topological polar surface area (TPSA) is 92.6 Å². The third-order valence-electron chi connectivity index (χ3n) is 5.21. The number of anilines is 2. The summed E-state index contributed by atoms with van der Waals surface area (Å²) >= 11 is 0. The number of ether oxygens (including phenoxy) is 1. The van der Waals surface area contributed by atoms with Crippen molar-refractivity contribution in [2.45, 2.75) is 13.3 Å². The highest BCUT2D eigenvalue weighted by molar-refractivity contribution is 5.89. The molecular weight excluding hydrogens is 408 g/mol. The fraction of sp³-hybridized carbons (Fsp3) is 0.304. The first-order valence-corrected chi connectivity index (χ1v) is 10.7. The van der Waals surface area contributed by atoms with Gasteiger partial charge in [0.1, 0.15) is 5.82 Å². The minimum absolute atomic E-state index is 0.171. The highest BCUT2D eigenvalue weighted by atomic mass is 16.5. The summed E-state index contributed by atoms with van der Waals surface area (Å²) in [5.74, 6) is 0.915. The zero-order chi connectivity index (χ0) is 22.3. The summed E-state index contributed by atoms with van der Waals surface area (Å²) in [5.41, 5.74) is 1.36. The van der Waals surface area contributed by atoms with Crippen LogP contribution in [0, 0.1) is 0 Å². The van der Waals surface area contributed by atoms with Crippen molar-refractivity contribution in [1.29, 1.82) is 0 Å². The van der Waals surface area contributed by atoms with Crippen molar-refractivity contribution in [2.24, 2.45) is 0 Å². The maximum atomic E-state index is 12.8. The van der Waals surface area contributed by atoms with Crippen molar-refractivity contribution in [3.8, 4) is 5.69 Å². The molecule has 0 saturated carbocycles. The van der Waals surface area contributed by atoms with Crippen LogP contribution >= 0.6 is 0 Å². The number of aromatic nitrogens is 3. The van der Waals surface area contributed by atoms with E-state index in [1.54, 1.807) is 28.6 Å². The van der Waals surface area contributed by atoms with Crippen molar-refractivity contribution in [2.75, 3.05) is 43.0 Å². The number of para-hydroxylation sites is 1. The molecular formula is C23H26N6O3. The second-order valence-electron chi connectivity index (χ2n) is 7.36. The van der Waals surface area contributed by atoms with Crippen LogP contribution in [0.2, 0.25) is 0 Å².